The Labute approximate surface area is 102 Å². The van der Waals surface area contributed by atoms with Crippen LogP contribution in [-0.4, -0.2) is 28.8 Å². The van der Waals surface area contributed by atoms with E-state index in [0.29, 0.717) is 5.66 Å². The van der Waals surface area contributed by atoms with Crippen molar-refractivity contribution < 1.29 is 5.11 Å². The van der Waals surface area contributed by atoms with E-state index in [1.54, 1.807) is 18.3 Å². The fourth-order valence-electron chi connectivity index (χ4n) is 1.10. The maximum atomic E-state index is 9.13. The van der Waals surface area contributed by atoms with Gasteiger partial charge in [-0.15, -0.1) is 9.88 Å². The zero-order valence-electron chi connectivity index (χ0n) is 9.66. The number of rotatable bonds is 4. The third-order valence-electron chi connectivity index (χ3n) is 1.99. The first kappa shape index (κ1) is 13.1. The molecule has 3 nitrogen and oxygen atoms in total. The molecular formula is C11H16N2OPS+. The van der Waals surface area contributed by atoms with Gasteiger partial charge >= 0.3 is 6.85 Å². The predicted octanol–water partition coefficient (Wildman–Crippen LogP) is 2.93. The van der Waals surface area contributed by atoms with E-state index in [4.69, 9.17) is 16.9 Å². The highest BCUT2D eigenvalue weighted by atomic mass is 32.4. The zero-order chi connectivity index (χ0) is 12.1. The normalized spacial score (nSPS) is 12.1. The first-order valence-corrected chi connectivity index (χ1v) is 7.41. The first-order chi connectivity index (χ1) is 7.50. The van der Waals surface area contributed by atoms with E-state index in [0.717, 1.165) is 5.56 Å². The van der Waals surface area contributed by atoms with Crippen LogP contribution in [0.5, 0.6) is 5.75 Å². The van der Waals surface area contributed by atoms with Crippen LogP contribution in [0.3, 0.4) is 0 Å². The lowest BCUT2D eigenvalue weighted by Crippen LogP contribution is -2.05. The van der Waals surface area contributed by atoms with Crippen LogP contribution in [0.25, 0.3) is 0 Å². The lowest BCUT2D eigenvalue weighted by atomic mass is 10.2. The molecule has 0 aliphatic rings. The van der Waals surface area contributed by atoms with Gasteiger partial charge in [-0.05, 0) is 43.7 Å². The Balaban J connectivity index is 2.66. The van der Waals surface area contributed by atoms with Gasteiger partial charge in [0.2, 0.25) is 0 Å². The van der Waals surface area contributed by atoms with Gasteiger partial charge in [0.15, 0.2) is 11.8 Å². The number of aromatic hydroxyl groups is 1. The minimum atomic E-state index is -0.634. The van der Waals surface area contributed by atoms with E-state index >= 15 is 0 Å². The fourth-order valence-corrected chi connectivity index (χ4v) is 2.04. The number of phenols is 1. The average molecular weight is 255 g/mol. The predicted molar refractivity (Wildman–Crippen MR) is 72.9 cm³/mol. The van der Waals surface area contributed by atoms with Gasteiger partial charge in [0.05, 0.1) is 13.3 Å². The maximum absolute atomic E-state index is 9.13. The maximum Gasteiger partial charge on any atom is 0.312 e. The average Bonchev–Trinajstić information content (AvgIpc) is 2.26. The van der Waals surface area contributed by atoms with E-state index < -0.39 is 6.85 Å². The Kier molecular flexibility index (Phi) is 4.84. The molecule has 0 saturated carbocycles. The summed E-state index contributed by atoms with van der Waals surface area (Å²) in [6, 6.07) is 6.90. The summed E-state index contributed by atoms with van der Waals surface area (Å²) in [6.07, 6.45) is 1.75. The van der Waals surface area contributed by atoms with Gasteiger partial charge in [-0.2, -0.15) is 0 Å². The Hall–Kier alpha value is -0.990. The molecule has 16 heavy (non-hydrogen) atoms. The van der Waals surface area contributed by atoms with Gasteiger partial charge in [0.1, 0.15) is 11.4 Å². The Morgan fingerprint density at radius 3 is 2.44 bits per heavy atom. The fraction of sp³-hybridized carbons (Fsp3) is 0.364. The van der Waals surface area contributed by atoms with Gasteiger partial charge in [-0.25, -0.2) is 0 Å². The van der Waals surface area contributed by atoms with E-state index in [-0.39, 0.29) is 5.75 Å². The van der Waals surface area contributed by atoms with Gasteiger partial charge in [-0.3, -0.25) is 0 Å². The molecule has 1 atom stereocenters. The standard InChI is InChI=1S/C11H15N2OPS/c1-9(2)15(16)13(3)12-8-10-4-6-11(14)7-5-10/h4-9H,1-3H3/p+1. The van der Waals surface area contributed by atoms with Crippen molar-refractivity contribution in [2.45, 2.75) is 19.5 Å². The number of nitrogens with zero attached hydrogens (tertiary/aromatic N) is 2. The highest BCUT2D eigenvalue weighted by Crippen LogP contribution is 2.31. The van der Waals surface area contributed by atoms with Crippen molar-refractivity contribution in [1.82, 2.24) is 4.78 Å². The minimum absolute atomic E-state index is 0.262. The van der Waals surface area contributed by atoms with Crippen LogP contribution in [0.1, 0.15) is 19.4 Å². The van der Waals surface area contributed by atoms with Crippen LogP contribution in [0, 0.1) is 0 Å². The van der Waals surface area contributed by atoms with Crippen molar-refractivity contribution in [3.05, 3.63) is 29.8 Å². The summed E-state index contributed by atoms with van der Waals surface area (Å²) in [6.45, 7) is 3.57. The summed E-state index contributed by atoms with van der Waals surface area (Å²) in [5.74, 6) is 0.262. The number of benzene rings is 1. The molecule has 0 heterocycles. The summed E-state index contributed by atoms with van der Waals surface area (Å²) >= 11 is 5.36. The van der Waals surface area contributed by atoms with Crippen molar-refractivity contribution in [2.75, 3.05) is 7.05 Å². The molecule has 5 heteroatoms. The van der Waals surface area contributed by atoms with Gasteiger partial charge in [-0.1, -0.05) is 0 Å². The quantitative estimate of drug-likeness (QED) is 0.510. The van der Waals surface area contributed by atoms with E-state index in [9.17, 15) is 0 Å². The van der Waals surface area contributed by atoms with Gasteiger partial charge < -0.3 is 5.11 Å². The van der Waals surface area contributed by atoms with E-state index in [1.165, 1.54) is 0 Å². The highest BCUT2D eigenvalue weighted by molar-refractivity contribution is 8.04. The molecule has 0 aliphatic heterocycles. The summed E-state index contributed by atoms with van der Waals surface area (Å²) in [7, 11) is 1.90. The van der Waals surface area contributed by atoms with Crippen LogP contribution in [0.4, 0.5) is 0 Å². The largest absolute Gasteiger partial charge is 0.508 e. The molecule has 1 N–H and O–H groups in total. The molecule has 1 aromatic rings. The minimum Gasteiger partial charge on any atom is -0.508 e. The molecule has 1 rings (SSSR count). The van der Waals surface area contributed by atoms with Crippen molar-refractivity contribution in [2.24, 2.45) is 5.10 Å². The number of hydrogen-bond donors (Lipinski definition) is 1. The van der Waals surface area contributed by atoms with Crippen molar-refractivity contribution in [1.29, 1.82) is 0 Å². The van der Waals surface area contributed by atoms with Crippen LogP contribution in [0.2, 0.25) is 0 Å². The molecule has 86 valence electrons. The Bertz CT molecular complexity index is 389. The topological polar surface area (TPSA) is 35.8 Å². The zero-order valence-corrected chi connectivity index (χ0v) is 11.4. The van der Waals surface area contributed by atoms with Crippen molar-refractivity contribution >= 4 is 24.9 Å². The summed E-state index contributed by atoms with van der Waals surface area (Å²) in [4.78, 5) is 0. The number of hydrogen-bond acceptors (Lipinski definition) is 3. The molecule has 0 bridgehead atoms. The molecule has 0 saturated heterocycles. The lowest BCUT2D eigenvalue weighted by Gasteiger charge is -2.04. The monoisotopic (exact) mass is 255 g/mol. The molecular weight excluding hydrogens is 239 g/mol. The lowest BCUT2D eigenvalue weighted by molar-refractivity contribution is 0.475. The van der Waals surface area contributed by atoms with Crippen LogP contribution >= 0.6 is 6.85 Å². The summed E-state index contributed by atoms with van der Waals surface area (Å²) < 4.78 is 1.84. The van der Waals surface area contributed by atoms with Crippen molar-refractivity contribution in [3.8, 4) is 5.75 Å². The molecule has 1 aromatic carbocycles. The van der Waals surface area contributed by atoms with E-state index in [1.807, 2.05) is 24.0 Å². The second-order valence-electron chi connectivity index (χ2n) is 3.72. The van der Waals surface area contributed by atoms with Gasteiger partial charge in [0, 0.05) is 0 Å². The highest BCUT2D eigenvalue weighted by Gasteiger charge is 2.20. The second-order valence-corrected chi connectivity index (χ2v) is 7.06. The van der Waals surface area contributed by atoms with E-state index in [2.05, 4.69) is 18.9 Å². The first-order valence-electron chi connectivity index (χ1n) is 5.03. The Morgan fingerprint density at radius 1 is 1.38 bits per heavy atom. The number of hydrazone groups is 1. The second kappa shape index (κ2) is 5.92. The van der Waals surface area contributed by atoms with Crippen LogP contribution in [0.15, 0.2) is 29.4 Å². The summed E-state index contributed by atoms with van der Waals surface area (Å²) in [5, 5.41) is 13.4. The van der Waals surface area contributed by atoms with Gasteiger partial charge in [0.25, 0.3) is 0 Å². The summed E-state index contributed by atoms with van der Waals surface area (Å²) in [5.41, 5.74) is 1.40. The van der Waals surface area contributed by atoms with Crippen molar-refractivity contribution in [3.63, 3.8) is 0 Å². The smallest absolute Gasteiger partial charge is 0.312 e. The molecule has 0 fully saturated rings. The Morgan fingerprint density at radius 2 is 1.94 bits per heavy atom. The number of phenolic OH excluding ortho intramolecular Hbond substituents is 1. The van der Waals surface area contributed by atoms with Crippen LogP contribution < -0.4 is 0 Å². The SMILES string of the molecule is CC(C)[P+](=S)N(C)/N=C/c1ccc(O)cc1. The molecule has 0 amide bonds. The molecule has 0 radical (unpaired) electrons. The molecule has 0 aliphatic carbocycles. The molecule has 0 spiro atoms. The van der Waals surface area contributed by atoms with Crippen LogP contribution in [-0.2, 0) is 11.8 Å². The molecule has 0 aromatic heterocycles. The third-order valence-corrected chi connectivity index (χ3v) is 5.53. The third kappa shape index (κ3) is 3.87. The molecule has 1 unspecified atom stereocenters.